The predicted octanol–water partition coefficient (Wildman–Crippen LogP) is 3.02. The van der Waals surface area contributed by atoms with E-state index >= 15 is 0 Å². The number of piperidine rings is 1. The Labute approximate surface area is 144 Å². The number of hydrogen-bond acceptors (Lipinski definition) is 3. The van der Waals surface area contributed by atoms with Crippen molar-refractivity contribution in [2.75, 3.05) is 13.1 Å². The SMILES string of the molecule is O=C(c1ccccn1)[C@@H]1CCCN(C(=O)Cc2cccc(F)c2F)C1. The predicted molar refractivity (Wildman–Crippen MR) is 87.9 cm³/mol. The number of amides is 1. The number of halogens is 2. The molecule has 0 saturated carbocycles. The molecular weight excluding hydrogens is 326 g/mol. The van der Waals surface area contributed by atoms with Crippen molar-refractivity contribution in [3.05, 3.63) is 65.5 Å². The quantitative estimate of drug-likeness (QED) is 0.801. The molecule has 4 nitrogen and oxygen atoms in total. The van der Waals surface area contributed by atoms with Crippen LogP contribution in [0.5, 0.6) is 0 Å². The summed E-state index contributed by atoms with van der Waals surface area (Å²) in [6, 6.07) is 8.94. The average Bonchev–Trinajstić information content (AvgIpc) is 2.65. The molecule has 1 atom stereocenters. The van der Waals surface area contributed by atoms with Gasteiger partial charge in [0, 0.05) is 30.8 Å². The third-order valence-corrected chi connectivity index (χ3v) is 4.44. The lowest BCUT2D eigenvalue weighted by atomic mass is 9.91. The standard InChI is InChI=1S/C19H18F2N2O2/c20-15-7-3-5-13(18(15)21)11-17(24)23-10-4-6-14(12-23)19(25)16-8-1-2-9-22-16/h1-3,5,7-9,14H,4,6,10-12H2/t14-/m1/s1. The molecule has 1 aliphatic heterocycles. The van der Waals surface area contributed by atoms with E-state index in [2.05, 4.69) is 4.98 Å². The van der Waals surface area contributed by atoms with Crippen LogP contribution in [0.15, 0.2) is 42.6 Å². The highest BCUT2D eigenvalue weighted by Gasteiger charge is 2.29. The highest BCUT2D eigenvalue weighted by atomic mass is 19.2. The molecule has 0 N–H and O–H groups in total. The highest BCUT2D eigenvalue weighted by Crippen LogP contribution is 2.21. The zero-order valence-electron chi connectivity index (χ0n) is 13.6. The number of benzene rings is 1. The molecule has 0 radical (unpaired) electrons. The van der Waals surface area contributed by atoms with Gasteiger partial charge in [-0.2, -0.15) is 0 Å². The lowest BCUT2D eigenvalue weighted by Crippen LogP contribution is -2.43. The second-order valence-electron chi connectivity index (χ2n) is 6.15. The largest absolute Gasteiger partial charge is 0.342 e. The molecular formula is C19H18F2N2O2. The van der Waals surface area contributed by atoms with Gasteiger partial charge in [0.05, 0.1) is 6.42 Å². The van der Waals surface area contributed by atoms with Gasteiger partial charge in [0.1, 0.15) is 5.69 Å². The fourth-order valence-corrected chi connectivity index (χ4v) is 3.10. The Morgan fingerprint density at radius 3 is 2.76 bits per heavy atom. The van der Waals surface area contributed by atoms with Crippen LogP contribution in [0.4, 0.5) is 8.78 Å². The number of nitrogens with zero attached hydrogens (tertiary/aromatic N) is 2. The van der Waals surface area contributed by atoms with Gasteiger partial charge in [0.25, 0.3) is 0 Å². The summed E-state index contributed by atoms with van der Waals surface area (Å²) in [6.45, 7) is 0.799. The summed E-state index contributed by atoms with van der Waals surface area (Å²) in [5.41, 5.74) is 0.418. The summed E-state index contributed by atoms with van der Waals surface area (Å²) < 4.78 is 27.0. The van der Waals surface area contributed by atoms with E-state index in [0.717, 1.165) is 6.07 Å². The molecule has 1 amide bonds. The Morgan fingerprint density at radius 2 is 2.00 bits per heavy atom. The fraction of sp³-hybridized carbons (Fsp3) is 0.316. The molecule has 1 saturated heterocycles. The lowest BCUT2D eigenvalue weighted by molar-refractivity contribution is -0.131. The lowest BCUT2D eigenvalue weighted by Gasteiger charge is -2.32. The number of rotatable bonds is 4. The summed E-state index contributed by atoms with van der Waals surface area (Å²) >= 11 is 0. The number of aromatic nitrogens is 1. The van der Waals surface area contributed by atoms with Crippen molar-refractivity contribution in [2.24, 2.45) is 5.92 Å². The van der Waals surface area contributed by atoms with E-state index in [-0.39, 0.29) is 36.1 Å². The van der Waals surface area contributed by atoms with Gasteiger partial charge in [0.15, 0.2) is 17.4 Å². The van der Waals surface area contributed by atoms with E-state index in [1.54, 1.807) is 29.3 Å². The molecule has 0 unspecified atom stereocenters. The van der Waals surface area contributed by atoms with Gasteiger partial charge < -0.3 is 4.90 Å². The number of Topliss-reactive ketones (excluding diaryl/α,β-unsaturated/α-hetero) is 1. The van der Waals surface area contributed by atoms with Gasteiger partial charge in [-0.1, -0.05) is 18.2 Å². The zero-order chi connectivity index (χ0) is 17.8. The van der Waals surface area contributed by atoms with E-state index < -0.39 is 11.6 Å². The number of carbonyl (C=O) groups excluding carboxylic acids is 2. The Morgan fingerprint density at radius 1 is 1.16 bits per heavy atom. The average molecular weight is 344 g/mol. The first kappa shape index (κ1) is 17.2. The van der Waals surface area contributed by atoms with E-state index in [9.17, 15) is 18.4 Å². The molecule has 0 spiro atoms. The van der Waals surface area contributed by atoms with Crippen LogP contribution in [0, 0.1) is 17.6 Å². The maximum absolute atomic E-state index is 13.7. The Hall–Kier alpha value is -2.63. The van der Waals surface area contributed by atoms with Gasteiger partial charge in [-0.3, -0.25) is 14.6 Å². The topological polar surface area (TPSA) is 50.3 Å². The van der Waals surface area contributed by atoms with Crippen LogP contribution in [-0.4, -0.2) is 34.7 Å². The smallest absolute Gasteiger partial charge is 0.227 e. The van der Waals surface area contributed by atoms with Gasteiger partial charge in [-0.25, -0.2) is 8.78 Å². The summed E-state index contributed by atoms with van der Waals surface area (Å²) in [5.74, 6) is -2.66. The van der Waals surface area contributed by atoms with Crippen LogP contribution in [0.2, 0.25) is 0 Å². The molecule has 3 rings (SSSR count). The molecule has 2 heterocycles. The first-order valence-electron chi connectivity index (χ1n) is 8.22. The highest BCUT2D eigenvalue weighted by molar-refractivity contribution is 5.96. The fourth-order valence-electron chi connectivity index (χ4n) is 3.10. The molecule has 1 aromatic carbocycles. The number of carbonyl (C=O) groups is 2. The molecule has 1 aromatic heterocycles. The summed E-state index contributed by atoms with van der Waals surface area (Å²) in [4.78, 5) is 30.6. The summed E-state index contributed by atoms with van der Waals surface area (Å²) in [5, 5.41) is 0. The minimum absolute atomic E-state index is 0.0307. The van der Waals surface area contributed by atoms with Crippen LogP contribution < -0.4 is 0 Å². The van der Waals surface area contributed by atoms with Crippen LogP contribution in [0.3, 0.4) is 0 Å². The molecule has 130 valence electrons. The van der Waals surface area contributed by atoms with Gasteiger partial charge in [-0.15, -0.1) is 0 Å². The molecule has 0 bridgehead atoms. The first-order valence-corrected chi connectivity index (χ1v) is 8.22. The van der Waals surface area contributed by atoms with E-state index in [4.69, 9.17) is 0 Å². The van der Waals surface area contributed by atoms with Crippen LogP contribution in [0.1, 0.15) is 28.9 Å². The Balaban J connectivity index is 1.67. The second-order valence-corrected chi connectivity index (χ2v) is 6.15. The minimum Gasteiger partial charge on any atom is -0.342 e. The van der Waals surface area contributed by atoms with Gasteiger partial charge >= 0.3 is 0 Å². The number of likely N-dealkylation sites (tertiary alicyclic amines) is 1. The third kappa shape index (κ3) is 3.90. The van der Waals surface area contributed by atoms with Crippen molar-refractivity contribution in [1.29, 1.82) is 0 Å². The molecule has 6 heteroatoms. The maximum atomic E-state index is 13.7. The van der Waals surface area contributed by atoms with Crippen LogP contribution in [0.25, 0.3) is 0 Å². The van der Waals surface area contributed by atoms with Crippen molar-refractivity contribution < 1.29 is 18.4 Å². The molecule has 1 fully saturated rings. The second kappa shape index (κ2) is 7.51. The minimum atomic E-state index is -0.992. The van der Waals surface area contributed by atoms with Crippen LogP contribution in [-0.2, 0) is 11.2 Å². The summed E-state index contributed by atoms with van der Waals surface area (Å²) in [6.07, 6.45) is 2.73. The maximum Gasteiger partial charge on any atom is 0.227 e. The zero-order valence-corrected chi connectivity index (χ0v) is 13.6. The molecule has 25 heavy (non-hydrogen) atoms. The van der Waals surface area contributed by atoms with Crippen molar-refractivity contribution in [3.8, 4) is 0 Å². The van der Waals surface area contributed by atoms with Crippen molar-refractivity contribution >= 4 is 11.7 Å². The van der Waals surface area contributed by atoms with Crippen molar-refractivity contribution in [3.63, 3.8) is 0 Å². The molecule has 2 aromatic rings. The van der Waals surface area contributed by atoms with Crippen molar-refractivity contribution in [2.45, 2.75) is 19.3 Å². The monoisotopic (exact) mass is 344 g/mol. The first-order chi connectivity index (χ1) is 12.1. The van der Waals surface area contributed by atoms with E-state index in [1.807, 2.05) is 0 Å². The normalized spacial score (nSPS) is 17.4. The Bertz CT molecular complexity index is 780. The molecule has 0 aliphatic carbocycles. The van der Waals surface area contributed by atoms with Crippen LogP contribution >= 0.6 is 0 Å². The van der Waals surface area contributed by atoms with Crippen molar-refractivity contribution in [1.82, 2.24) is 9.88 Å². The number of pyridine rings is 1. The van der Waals surface area contributed by atoms with E-state index in [0.29, 0.717) is 25.1 Å². The van der Waals surface area contributed by atoms with Gasteiger partial charge in [0.2, 0.25) is 5.91 Å². The number of ketones is 1. The van der Waals surface area contributed by atoms with Gasteiger partial charge in [-0.05, 0) is 31.0 Å². The Kier molecular flexibility index (Phi) is 5.16. The van der Waals surface area contributed by atoms with E-state index in [1.165, 1.54) is 12.1 Å². The molecule has 1 aliphatic rings. The third-order valence-electron chi connectivity index (χ3n) is 4.44. The summed E-state index contributed by atoms with van der Waals surface area (Å²) in [7, 11) is 0. The number of hydrogen-bond donors (Lipinski definition) is 0.